The Balaban J connectivity index is 2.37. The maximum atomic E-state index is 13.5. The fraction of sp³-hybridized carbons (Fsp3) is 0.500. The molecule has 1 aromatic heterocycles. The number of nitrogens with zero attached hydrogens (tertiary/aromatic N) is 3. The second-order valence-corrected chi connectivity index (χ2v) is 11.0. The molecule has 0 bridgehead atoms. The number of aromatic nitrogens is 2. The number of hydrogen-bond acceptors (Lipinski definition) is 9. The molecule has 0 fully saturated rings. The number of hydrogen-bond donors (Lipinski definition) is 3. The highest BCUT2D eigenvalue weighted by Gasteiger charge is 2.28. The molecule has 0 amide bonds. The van der Waals surface area contributed by atoms with Crippen LogP contribution in [0.25, 0.3) is 17.3 Å². The third-order valence-electron chi connectivity index (χ3n) is 5.00. The molecule has 2 N–H and O–H groups in total. The van der Waals surface area contributed by atoms with Gasteiger partial charge in [0.25, 0.3) is 0 Å². The molecule has 1 aromatic carbocycles. The predicted octanol–water partition coefficient (Wildman–Crippen LogP) is 5.08. The van der Waals surface area contributed by atoms with Gasteiger partial charge in [-0.25, -0.2) is 14.4 Å². The maximum Gasteiger partial charge on any atom is 0.333 e. The smallest absolute Gasteiger partial charge is 0.333 e. The fourth-order valence-electron chi connectivity index (χ4n) is 3.48. The van der Waals surface area contributed by atoms with Gasteiger partial charge in [0.15, 0.2) is 0 Å². The number of aliphatic hydroxyl groups is 2. The largest absolute Gasteiger partial charge is 0.392 e. The monoisotopic (exact) mass is 527 g/mol. The zero-order valence-electron chi connectivity index (χ0n) is 20.8. The number of rotatable bonds is 13. The van der Waals surface area contributed by atoms with E-state index in [2.05, 4.69) is 22.8 Å². The summed E-state index contributed by atoms with van der Waals surface area (Å²) in [4.78, 5) is 9.22. The third kappa shape index (κ3) is 8.66. The van der Waals surface area contributed by atoms with E-state index >= 15 is 0 Å². The first-order chi connectivity index (χ1) is 16.5. The van der Waals surface area contributed by atoms with E-state index in [9.17, 15) is 19.2 Å². The minimum Gasteiger partial charge on any atom is -0.392 e. The first-order valence-electron chi connectivity index (χ1n) is 11.5. The highest BCUT2D eigenvalue weighted by Crippen LogP contribution is 2.48. The van der Waals surface area contributed by atoms with Gasteiger partial charge in [-0.15, -0.1) is 0 Å². The molecule has 194 valence electrons. The molecule has 11 heteroatoms. The van der Waals surface area contributed by atoms with Crippen LogP contribution in [0.3, 0.4) is 0 Å². The van der Waals surface area contributed by atoms with Crippen molar-refractivity contribution in [3.8, 4) is 11.3 Å². The van der Waals surface area contributed by atoms with E-state index in [1.807, 2.05) is 13.8 Å². The van der Waals surface area contributed by atoms with Gasteiger partial charge >= 0.3 is 7.60 Å². The van der Waals surface area contributed by atoms with Crippen LogP contribution in [0.1, 0.15) is 51.3 Å². The molecular weight excluding hydrogens is 492 g/mol. The van der Waals surface area contributed by atoms with Crippen molar-refractivity contribution in [2.75, 3.05) is 30.7 Å². The Hall–Kier alpha value is -1.81. The normalized spacial score (nSPS) is 14.0. The van der Waals surface area contributed by atoms with Crippen LogP contribution < -0.4 is 4.31 Å². The van der Waals surface area contributed by atoms with Gasteiger partial charge in [0, 0.05) is 24.6 Å². The van der Waals surface area contributed by atoms with Crippen LogP contribution in [-0.4, -0.2) is 58.8 Å². The van der Waals surface area contributed by atoms with Crippen molar-refractivity contribution in [2.24, 2.45) is 0 Å². The number of thiol groups is 1. The summed E-state index contributed by atoms with van der Waals surface area (Å²) in [5.74, 6) is 0.0262. The number of aliphatic hydroxyl groups excluding tert-OH is 2. The lowest BCUT2D eigenvalue weighted by Gasteiger charge is -2.21. The average Bonchev–Trinajstić information content (AvgIpc) is 2.77. The summed E-state index contributed by atoms with van der Waals surface area (Å²) >= 11 is 4.32. The van der Waals surface area contributed by atoms with Crippen molar-refractivity contribution < 1.29 is 28.2 Å². The van der Waals surface area contributed by atoms with Gasteiger partial charge < -0.3 is 19.3 Å². The lowest BCUT2D eigenvalue weighted by atomic mass is 9.97. The Morgan fingerprint density at radius 1 is 1.14 bits per heavy atom. The van der Waals surface area contributed by atoms with Crippen LogP contribution in [0.5, 0.6) is 0 Å². The van der Waals surface area contributed by atoms with Gasteiger partial charge in [-0.1, -0.05) is 38.8 Å². The molecule has 0 aliphatic carbocycles. The van der Waals surface area contributed by atoms with Crippen molar-refractivity contribution in [3.05, 3.63) is 47.4 Å². The highest BCUT2D eigenvalue weighted by molar-refractivity contribution is 7.81. The van der Waals surface area contributed by atoms with E-state index in [0.29, 0.717) is 22.8 Å². The summed E-state index contributed by atoms with van der Waals surface area (Å²) in [6, 6.07) is 5.95. The molecule has 2 atom stereocenters. The van der Waals surface area contributed by atoms with Crippen molar-refractivity contribution >= 4 is 32.4 Å². The molecule has 1 heterocycles. The molecule has 0 spiro atoms. The summed E-state index contributed by atoms with van der Waals surface area (Å²) in [7, 11) is -1.74. The second-order valence-electron chi connectivity index (χ2n) is 8.30. The van der Waals surface area contributed by atoms with E-state index in [1.165, 1.54) is 22.5 Å². The van der Waals surface area contributed by atoms with Crippen LogP contribution in [0, 0.1) is 5.82 Å². The number of halogens is 1. The van der Waals surface area contributed by atoms with E-state index in [-0.39, 0.29) is 37.5 Å². The minimum atomic E-state index is -3.44. The second kappa shape index (κ2) is 13.5. The molecule has 8 nitrogen and oxygen atoms in total. The molecular formula is C24H35FN3O5PS. The molecule has 2 aromatic rings. The molecule has 0 unspecified atom stereocenters. The van der Waals surface area contributed by atoms with E-state index < -0.39 is 19.8 Å². The van der Waals surface area contributed by atoms with Gasteiger partial charge in [-0.3, -0.25) is 8.87 Å². The van der Waals surface area contributed by atoms with Gasteiger partial charge in [0.1, 0.15) is 5.82 Å². The van der Waals surface area contributed by atoms with Crippen LogP contribution in [0.4, 0.5) is 10.3 Å². The summed E-state index contributed by atoms with van der Waals surface area (Å²) < 4.78 is 38.1. The van der Waals surface area contributed by atoms with Crippen LogP contribution >= 0.6 is 20.4 Å². The van der Waals surface area contributed by atoms with E-state index in [1.54, 1.807) is 39.1 Å². The molecule has 2 rings (SSSR count). The lowest BCUT2D eigenvalue weighted by Crippen LogP contribution is -2.21. The molecule has 0 radical (unpaired) electrons. The van der Waals surface area contributed by atoms with E-state index in [4.69, 9.17) is 9.05 Å². The van der Waals surface area contributed by atoms with Gasteiger partial charge in [-0.05, 0) is 44.0 Å². The topological polar surface area (TPSA) is 105 Å². The Morgan fingerprint density at radius 3 is 2.26 bits per heavy atom. The highest BCUT2D eigenvalue weighted by atomic mass is 32.1. The average molecular weight is 528 g/mol. The lowest BCUT2D eigenvalue weighted by molar-refractivity contribution is 0.110. The quantitative estimate of drug-likeness (QED) is 0.245. The molecule has 35 heavy (non-hydrogen) atoms. The third-order valence-corrected chi connectivity index (χ3v) is 7.35. The number of anilines is 1. The van der Waals surface area contributed by atoms with E-state index in [0.717, 1.165) is 5.69 Å². The maximum absolute atomic E-state index is 13.5. The fourth-order valence-corrected chi connectivity index (χ4v) is 5.31. The van der Waals surface area contributed by atoms with Crippen molar-refractivity contribution in [1.29, 1.82) is 0 Å². The molecule has 0 saturated carbocycles. The summed E-state index contributed by atoms with van der Waals surface area (Å²) in [5.41, 5.74) is 2.61. The summed E-state index contributed by atoms with van der Waals surface area (Å²) in [6.07, 6.45) is 0.785. The van der Waals surface area contributed by atoms with Crippen molar-refractivity contribution in [1.82, 2.24) is 9.97 Å². The zero-order chi connectivity index (χ0) is 26.2. The SMILES string of the molecule is CCOP(=O)(C[C@H](O)C[C@H](O)/C=C/c1c(-c2ccc(F)cc2)nc(N(C)S)nc1C(C)C)OCC. The van der Waals surface area contributed by atoms with Gasteiger partial charge in [0.2, 0.25) is 5.95 Å². The van der Waals surface area contributed by atoms with Crippen LogP contribution in [0.2, 0.25) is 0 Å². The number of benzene rings is 1. The van der Waals surface area contributed by atoms with Gasteiger partial charge in [0.05, 0.1) is 43.0 Å². The Labute approximate surface area is 212 Å². The van der Waals surface area contributed by atoms with Gasteiger partial charge in [-0.2, -0.15) is 0 Å². The summed E-state index contributed by atoms with van der Waals surface area (Å²) in [5, 5.41) is 21.0. The van der Waals surface area contributed by atoms with Crippen molar-refractivity contribution in [2.45, 2.75) is 52.2 Å². The Kier molecular flexibility index (Phi) is 11.3. The predicted molar refractivity (Wildman–Crippen MR) is 140 cm³/mol. The van der Waals surface area contributed by atoms with Crippen LogP contribution in [0.15, 0.2) is 30.3 Å². The van der Waals surface area contributed by atoms with Crippen LogP contribution in [-0.2, 0) is 13.6 Å². The molecule has 0 aliphatic rings. The Bertz CT molecular complexity index is 1030. The first-order valence-corrected chi connectivity index (χ1v) is 13.6. The first kappa shape index (κ1) is 29.4. The Morgan fingerprint density at radius 2 is 1.74 bits per heavy atom. The van der Waals surface area contributed by atoms with Crippen molar-refractivity contribution in [3.63, 3.8) is 0 Å². The standard InChI is InChI=1S/C24H35FN3O5PS/c1-6-32-34(31,33-7-2)15-20(30)14-19(29)12-13-21-22(16(3)4)26-24(28(5)35)27-23(21)17-8-10-18(25)11-9-17/h8-13,16,19-20,29-30,35H,6-7,14-15H2,1-5H3/b13-12+/t19-,20-/m1/s1. The minimum absolute atomic E-state index is 0.00915. The summed E-state index contributed by atoms with van der Waals surface area (Å²) in [6.45, 7) is 7.73. The molecule has 0 saturated heterocycles. The molecule has 0 aliphatic heterocycles. The zero-order valence-corrected chi connectivity index (χ0v) is 22.5.